The molecule has 0 fully saturated rings. The van der Waals surface area contributed by atoms with E-state index < -0.39 is 0 Å². The summed E-state index contributed by atoms with van der Waals surface area (Å²) in [6.07, 6.45) is 4.00. The third kappa shape index (κ3) is 2.28. The molecule has 1 aromatic carbocycles. The molecule has 0 amide bonds. The number of rotatable bonds is 4. The highest BCUT2D eigenvalue weighted by atomic mass is 16.3. The van der Waals surface area contributed by atoms with Gasteiger partial charge in [-0.15, -0.1) is 0 Å². The molecule has 0 radical (unpaired) electrons. The SMILES string of the molecule is CCCn1ncnc1CC1Cc2ccccc2C1O. The molecule has 4 nitrogen and oxygen atoms in total. The van der Waals surface area contributed by atoms with E-state index in [0.717, 1.165) is 37.2 Å². The van der Waals surface area contributed by atoms with Crippen molar-refractivity contribution in [2.75, 3.05) is 0 Å². The van der Waals surface area contributed by atoms with Crippen LogP contribution in [0.5, 0.6) is 0 Å². The zero-order chi connectivity index (χ0) is 13.2. The van der Waals surface area contributed by atoms with Crippen LogP contribution >= 0.6 is 0 Å². The van der Waals surface area contributed by atoms with E-state index in [0.29, 0.717) is 0 Å². The number of fused-ring (bicyclic) bond motifs is 1. The van der Waals surface area contributed by atoms with Gasteiger partial charge in [-0.2, -0.15) is 5.10 Å². The van der Waals surface area contributed by atoms with Gasteiger partial charge in [0.2, 0.25) is 0 Å². The minimum Gasteiger partial charge on any atom is -0.388 e. The molecule has 1 aliphatic rings. The number of hydrogen-bond donors (Lipinski definition) is 1. The molecule has 2 atom stereocenters. The number of aromatic nitrogens is 3. The fourth-order valence-corrected chi connectivity index (χ4v) is 2.92. The van der Waals surface area contributed by atoms with Crippen LogP contribution < -0.4 is 0 Å². The number of aliphatic hydroxyl groups excluding tert-OH is 1. The molecule has 2 unspecified atom stereocenters. The molecule has 1 N–H and O–H groups in total. The lowest BCUT2D eigenvalue weighted by Gasteiger charge is -2.14. The van der Waals surface area contributed by atoms with Crippen LogP contribution in [-0.2, 0) is 19.4 Å². The zero-order valence-electron chi connectivity index (χ0n) is 11.2. The summed E-state index contributed by atoms with van der Waals surface area (Å²) in [5.74, 6) is 1.20. The number of nitrogens with zero attached hydrogens (tertiary/aromatic N) is 3. The Morgan fingerprint density at radius 1 is 1.37 bits per heavy atom. The van der Waals surface area contributed by atoms with Crippen molar-refractivity contribution in [2.45, 2.75) is 38.8 Å². The third-order valence-corrected chi connectivity index (χ3v) is 3.88. The Morgan fingerprint density at radius 3 is 3.00 bits per heavy atom. The van der Waals surface area contributed by atoms with Crippen LogP contribution in [0.1, 0.15) is 36.4 Å². The fraction of sp³-hybridized carbons (Fsp3) is 0.467. The smallest absolute Gasteiger partial charge is 0.138 e. The Morgan fingerprint density at radius 2 is 2.21 bits per heavy atom. The maximum absolute atomic E-state index is 10.4. The van der Waals surface area contributed by atoms with Gasteiger partial charge in [0.25, 0.3) is 0 Å². The van der Waals surface area contributed by atoms with Crippen LogP contribution in [-0.4, -0.2) is 19.9 Å². The summed E-state index contributed by atoms with van der Waals surface area (Å²) in [4.78, 5) is 4.34. The van der Waals surface area contributed by atoms with Crippen molar-refractivity contribution in [3.63, 3.8) is 0 Å². The average Bonchev–Trinajstić information content (AvgIpc) is 2.98. The van der Waals surface area contributed by atoms with Crippen molar-refractivity contribution in [1.82, 2.24) is 14.8 Å². The maximum atomic E-state index is 10.4. The van der Waals surface area contributed by atoms with E-state index in [1.165, 1.54) is 5.56 Å². The molecular formula is C15H19N3O. The molecule has 0 spiro atoms. The van der Waals surface area contributed by atoms with Gasteiger partial charge in [0.05, 0.1) is 6.10 Å². The van der Waals surface area contributed by atoms with Gasteiger partial charge in [-0.25, -0.2) is 4.98 Å². The quantitative estimate of drug-likeness (QED) is 0.913. The van der Waals surface area contributed by atoms with Crippen LogP contribution in [0.25, 0.3) is 0 Å². The molecule has 1 aliphatic carbocycles. The largest absolute Gasteiger partial charge is 0.388 e. The second-order valence-electron chi connectivity index (χ2n) is 5.21. The summed E-state index contributed by atoms with van der Waals surface area (Å²) in [5, 5.41) is 14.6. The number of aliphatic hydroxyl groups is 1. The van der Waals surface area contributed by atoms with Gasteiger partial charge < -0.3 is 5.11 Å². The Labute approximate surface area is 113 Å². The summed E-state index contributed by atoms with van der Waals surface area (Å²) >= 11 is 0. The van der Waals surface area contributed by atoms with Crippen LogP contribution in [0.2, 0.25) is 0 Å². The van der Waals surface area contributed by atoms with Crippen molar-refractivity contribution in [3.8, 4) is 0 Å². The van der Waals surface area contributed by atoms with Crippen LogP contribution in [0, 0.1) is 5.92 Å². The second-order valence-corrected chi connectivity index (χ2v) is 5.21. The minimum atomic E-state index is -0.372. The van der Waals surface area contributed by atoms with Crippen LogP contribution in [0.3, 0.4) is 0 Å². The first-order valence-electron chi connectivity index (χ1n) is 6.92. The maximum Gasteiger partial charge on any atom is 0.138 e. The topological polar surface area (TPSA) is 50.9 Å². The minimum absolute atomic E-state index is 0.220. The average molecular weight is 257 g/mol. The van der Waals surface area contributed by atoms with E-state index in [-0.39, 0.29) is 12.0 Å². The lowest BCUT2D eigenvalue weighted by molar-refractivity contribution is 0.121. The van der Waals surface area contributed by atoms with E-state index in [1.54, 1.807) is 6.33 Å². The summed E-state index contributed by atoms with van der Waals surface area (Å²) < 4.78 is 1.95. The molecule has 1 aromatic heterocycles. The number of benzene rings is 1. The molecule has 0 saturated heterocycles. The number of hydrogen-bond acceptors (Lipinski definition) is 3. The Hall–Kier alpha value is -1.68. The van der Waals surface area contributed by atoms with Gasteiger partial charge in [-0.1, -0.05) is 31.2 Å². The Kier molecular flexibility index (Phi) is 3.34. The standard InChI is InChI=1S/C15H19N3O/c1-2-7-18-14(16-10-17-18)9-12-8-11-5-3-4-6-13(11)15(12)19/h3-6,10,12,15,19H,2,7-9H2,1H3. The summed E-state index contributed by atoms with van der Waals surface area (Å²) in [6.45, 7) is 3.02. The van der Waals surface area contributed by atoms with Gasteiger partial charge in [-0.3, -0.25) is 4.68 Å². The molecule has 1 heterocycles. The first-order valence-corrected chi connectivity index (χ1v) is 6.92. The molecule has 4 heteroatoms. The van der Waals surface area contributed by atoms with E-state index in [9.17, 15) is 5.11 Å². The molecule has 100 valence electrons. The monoisotopic (exact) mass is 257 g/mol. The van der Waals surface area contributed by atoms with Crippen molar-refractivity contribution < 1.29 is 5.11 Å². The van der Waals surface area contributed by atoms with E-state index in [4.69, 9.17) is 0 Å². The highest BCUT2D eigenvalue weighted by Crippen LogP contribution is 2.37. The summed E-state index contributed by atoms with van der Waals surface area (Å²) in [7, 11) is 0. The zero-order valence-corrected chi connectivity index (χ0v) is 11.2. The lowest BCUT2D eigenvalue weighted by Crippen LogP contribution is -2.15. The Balaban J connectivity index is 1.77. The van der Waals surface area contributed by atoms with Crippen molar-refractivity contribution in [1.29, 1.82) is 0 Å². The van der Waals surface area contributed by atoms with Gasteiger partial charge in [0.1, 0.15) is 12.2 Å². The second kappa shape index (κ2) is 5.13. The lowest BCUT2D eigenvalue weighted by atomic mass is 9.99. The summed E-state index contributed by atoms with van der Waals surface area (Å²) in [6, 6.07) is 8.16. The molecular weight excluding hydrogens is 238 g/mol. The van der Waals surface area contributed by atoms with Crippen molar-refractivity contribution in [3.05, 3.63) is 47.5 Å². The van der Waals surface area contributed by atoms with Crippen molar-refractivity contribution >= 4 is 0 Å². The Bertz CT molecular complexity index is 564. The van der Waals surface area contributed by atoms with E-state index >= 15 is 0 Å². The van der Waals surface area contributed by atoms with Gasteiger partial charge in [0.15, 0.2) is 0 Å². The van der Waals surface area contributed by atoms with Gasteiger partial charge in [0, 0.05) is 18.9 Å². The normalized spacial score (nSPS) is 21.6. The van der Waals surface area contributed by atoms with Crippen LogP contribution in [0.4, 0.5) is 0 Å². The highest BCUT2D eigenvalue weighted by Gasteiger charge is 2.31. The molecule has 2 aromatic rings. The highest BCUT2D eigenvalue weighted by molar-refractivity contribution is 5.34. The fourth-order valence-electron chi connectivity index (χ4n) is 2.92. The first kappa shape index (κ1) is 12.4. The predicted octanol–water partition coefficient (Wildman–Crippen LogP) is 2.14. The molecule has 0 saturated carbocycles. The van der Waals surface area contributed by atoms with Crippen molar-refractivity contribution in [2.24, 2.45) is 5.92 Å². The van der Waals surface area contributed by atoms with Gasteiger partial charge in [-0.05, 0) is 24.0 Å². The van der Waals surface area contributed by atoms with E-state index in [1.807, 2.05) is 22.9 Å². The van der Waals surface area contributed by atoms with E-state index in [2.05, 4.69) is 23.1 Å². The molecule has 19 heavy (non-hydrogen) atoms. The van der Waals surface area contributed by atoms with Gasteiger partial charge >= 0.3 is 0 Å². The van der Waals surface area contributed by atoms with Crippen LogP contribution in [0.15, 0.2) is 30.6 Å². The summed E-state index contributed by atoms with van der Waals surface area (Å²) in [5.41, 5.74) is 2.34. The third-order valence-electron chi connectivity index (χ3n) is 3.88. The predicted molar refractivity (Wildman–Crippen MR) is 72.6 cm³/mol. The molecule has 0 aliphatic heterocycles. The molecule has 3 rings (SSSR count). The molecule has 0 bridgehead atoms. The first-order chi connectivity index (χ1) is 9.29. The number of aryl methyl sites for hydroxylation is 1.